The van der Waals surface area contributed by atoms with Crippen LogP contribution in [-0.4, -0.2) is 22.2 Å². The van der Waals surface area contributed by atoms with E-state index in [0.29, 0.717) is 8.95 Å². The zero-order valence-electron chi connectivity index (χ0n) is 9.58. The topological polar surface area (TPSA) is 83.5 Å². The molecule has 0 saturated heterocycles. The number of phenolic OH excluding ortho intramolecular Hbond substituents is 1. The van der Waals surface area contributed by atoms with Crippen molar-refractivity contribution in [3.8, 4) is 5.75 Å². The van der Waals surface area contributed by atoms with Crippen molar-refractivity contribution in [1.29, 1.82) is 0 Å². The number of phenols is 1. The van der Waals surface area contributed by atoms with Crippen LogP contribution in [0, 0.1) is 0 Å². The van der Waals surface area contributed by atoms with Gasteiger partial charge in [0.2, 0.25) is 0 Å². The molecule has 0 heterocycles. The van der Waals surface area contributed by atoms with Gasteiger partial charge in [-0.2, -0.15) is 0 Å². The molecule has 0 aromatic heterocycles. The first kappa shape index (κ1) is 16.4. The van der Waals surface area contributed by atoms with Crippen LogP contribution in [0.4, 0.5) is 0 Å². The molecule has 0 radical (unpaired) electrons. The molecule has 1 atom stereocenters. The smallest absolute Gasteiger partial charge is 0.320 e. The third kappa shape index (κ3) is 5.06. The summed E-state index contributed by atoms with van der Waals surface area (Å²) in [6, 6.07) is 2.35. The van der Waals surface area contributed by atoms with Crippen LogP contribution < -0.4 is 5.73 Å². The second-order valence-corrected chi connectivity index (χ2v) is 4.77. The molecule has 0 amide bonds. The van der Waals surface area contributed by atoms with Crippen LogP contribution >= 0.6 is 31.9 Å². The third-order valence-electron chi connectivity index (χ3n) is 1.85. The third-order valence-corrected chi connectivity index (χ3v) is 3.06. The number of carbonyl (C=O) groups is 1. The van der Waals surface area contributed by atoms with E-state index in [9.17, 15) is 9.90 Å². The highest BCUT2D eigenvalue weighted by Gasteiger charge is 2.14. The number of nitrogens with two attached hydrogens (primary N) is 1. The number of halogens is 2. The van der Waals surface area contributed by atoms with Gasteiger partial charge in [-0.1, -0.05) is 13.8 Å². The van der Waals surface area contributed by atoms with Gasteiger partial charge < -0.3 is 15.9 Å². The quantitative estimate of drug-likeness (QED) is 0.765. The minimum absolute atomic E-state index is 0.0858. The Labute approximate surface area is 117 Å². The van der Waals surface area contributed by atoms with E-state index >= 15 is 0 Å². The van der Waals surface area contributed by atoms with E-state index < -0.39 is 12.0 Å². The van der Waals surface area contributed by atoms with Crippen molar-refractivity contribution < 1.29 is 15.0 Å². The van der Waals surface area contributed by atoms with Crippen molar-refractivity contribution in [3.63, 3.8) is 0 Å². The van der Waals surface area contributed by atoms with Gasteiger partial charge in [0, 0.05) is 0 Å². The van der Waals surface area contributed by atoms with Crippen LogP contribution in [0.1, 0.15) is 19.4 Å². The molecule has 0 aliphatic carbocycles. The molecule has 1 aromatic carbocycles. The molecule has 0 spiro atoms. The summed E-state index contributed by atoms with van der Waals surface area (Å²) in [6.07, 6.45) is 0.215. The van der Waals surface area contributed by atoms with Crippen molar-refractivity contribution in [3.05, 3.63) is 26.6 Å². The van der Waals surface area contributed by atoms with Crippen molar-refractivity contribution >= 4 is 37.8 Å². The number of rotatable bonds is 3. The number of hydrogen-bond donors (Lipinski definition) is 3. The largest absolute Gasteiger partial charge is 0.506 e. The lowest BCUT2D eigenvalue weighted by Crippen LogP contribution is -2.32. The molecule has 1 unspecified atom stereocenters. The zero-order valence-corrected chi connectivity index (χ0v) is 12.7. The summed E-state index contributed by atoms with van der Waals surface area (Å²) in [6.45, 7) is 4.00. The van der Waals surface area contributed by atoms with E-state index in [1.54, 1.807) is 12.1 Å². The van der Waals surface area contributed by atoms with Gasteiger partial charge in [-0.15, -0.1) is 0 Å². The Balaban J connectivity index is 0.00000121. The fourth-order valence-corrected chi connectivity index (χ4v) is 2.36. The van der Waals surface area contributed by atoms with Gasteiger partial charge in [-0.3, -0.25) is 4.79 Å². The summed E-state index contributed by atoms with van der Waals surface area (Å²) in [5.74, 6) is -0.960. The van der Waals surface area contributed by atoms with Gasteiger partial charge in [-0.05, 0) is 56.0 Å². The maximum Gasteiger partial charge on any atom is 0.320 e. The van der Waals surface area contributed by atoms with Gasteiger partial charge in [-0.25, -0.2) is 0 Å². The van der Waals surface area contributed by atoms with Crippen molar-refractivity contribution in [2.45, 2.75) is 26.3 Å². The molecule has 17 heavy (non-hydrogen) atoms. The monoisotopic (exact) mass is 367 g/mol. The highest BCUT2D eigenvalue weighted by atomic mass is 79.9. The Morgan fingerprint density at radius 1 is 1.35 bits per heavy atom. The highest BCUT2D eigenvalue weighted by Crippen LogP contribution is 2.33. The van der Waals surface area contributed by atoms with E-state index in [-0.39, 0.29) is 12.2 Å². The Kier molecular flexibility index (Phi) is 7.41. The first-order chi connectivity index (χ1) is 7.91. The van der Waals surface area contributed by atoms with Crippen molar-refractivity contribution in [2.24, 2.45) is 5.73 Å². The van der Waals surface area contributed by atoms with Gasteiger partial charge in [0.15, 0.2) is 0 Å². The molecule has 6 heteroatoms. The number of carboxylic acids is 1. The van der Waals surface area contributed by atoms with E-state index in [4.69, 9.17) is 10.8 Å². The summed E-state index contributed by atoms with van der Waals surface area (Å²) in [5.41, 5.74) is 6.13. The number of aromatic hydroxyl groups is 1. The van der Waals surface area contributed by atoms with E-state index in [1.807, 2.05) is 13.8 Å². The predicted molar refractivity (Wildman–Crippen MR) is 74.2 cm³/mol. The number of benzene rings is 1. The molecule has 4 nitrogen and oxygen atoms in total. The lowest BCUT2D eigenvalue weighted by Gasteiger charge is -2.08. The van der Waals surface area contributed by atoms with Crippen LogP contribution in [0.3, 0.4) is 0 Å². The van der Waals surface area contributed by atoms with Gasteiger partial charge in [0.05, 0.1) is 8.95 Å². The molecular formula is C11H15Br2NO3. The summed E-state index contributed by atoms with van der Waals surface area (Å²) >= 11 is 6.31. The first-order valence-corrected chi connectivity index (χ1v) is 6.65. The minimum Gasteiger partial charge on any atom is -0.506 e. The maximum absolute atomic E-state index is 10.5. The van der Waals surface area contributed by atoms with Crippen molar-refractivity contribution in [2.75, 3.05) is 0 Å². The number of carboxylic acid groups (broad SMARTS) is 1. The number of hydrogen-bond acceptors (Lipinski definition) is 3. The molecule has 4 N–H and O–H groups in total. The SMILES string of the molecule is CC.NC(Cc1cc(Br)c(O)c(Br)c1)C(=O)O. The fourth-order valence-electron chi connectivity index (χ4n) is 1.08. The Morgan fingerprint density at radius 3 is 2.12 bits per heavy atom. The Morgan fingerprint density at radius 2 is 1.76 bits per heavy atom. The van der Waals surface area contributed by atoms with Crippen LogP contribution in [0.5, 0.6) is 5.75 Å². The predicted octanol–water partition coefficient (Wildman–Crippen LogP) is 2.90. The van der Waals surface area contributed by atoms with Gasteiger partial charge in [0.25, 0.3) is 0 Å². The standard InChI is InChI=1S/C9H9Br2NO3.C2H6/c10-5-1-4(2-6(11)8(5)13)3-7(12)9(14)15;1-2/h1-2,7,13H,3,12H2,(H,14,15);1-2H3. The van der Waals surface area contributed by atoms with Crippen molar-refractivity contribution in [1.82, 2.24) is 0 Å². The van der Waals surface area contributed by atoms with Crippen LogP contribution in [-0.2, 0) is 11.2 Å². The molecule has 0 aliphatic heterocycles. The normalized spacial score (nSPS) is 11.4. The lowest BCUT2D eigenvalue weighted by atomic mass is 10.1. The molecule has 0 saturated carbocycles. The summed E-state index contributed by atoms with van der Waals surface area (Å²) in [4.78, 5) is 10.5. The highest BCUT2D eigenvalue weighted by molar-refractivity contribution is 9.11. The number of aliphatic carboxylic acids is 1. The fraction of sp³-hybridized carbons (Fsp3) is 0.364. The van der Waals surface area contributed by atoms with E-state index in [0.717, 1.165) is 5.56 Å². The maximum atomic E-state index is 10.5. The molecule has 1 aromatic rings. The first-order valence-electron chi connectivity index (χ1n) is 5.07. The molecule has 96 valence electrons. The Bertz CT molecular complexity index is 373. The molecular weight excluding hydrogens is 354 g/mol. The van der Waals surface area contributed by atoms with E-state index in [1.165, 1.54) is 0 Å². The molecule has 0 bridgehead atoms. The van der Waals surface area contributed by atoms with Gasteiger partial charge in [0.1, 0.15) is 11.8 Å². The average Bonchev–Trinajstić information content (AvgIpc) is 2.28. The molecule has 0 aliphatic rings. The molecule has 1 rings (SSSR count). The summed E-state index contributed by atoms with van der Waals surface area (Å²) in [7, 11) is 0. The Hall–Kier alpha value is -0.590. The second-order valence-electron chi connectivity index (χ2n) is 3.06. The van der Waals surface area contributed by atoms with Crippen LogP contribution in [0.15, 0.2) is 21.1 Å². The van der Waals surface area contributed by atoms with Crippen LogP contribution in [0.25, 0.3) is 0 Å². The average molecular weight is 369 g/mol. The minimum atomic E-state index is -1.05. The van der Waals surface area contributed by atoms with E-state index in [2.05, 4.69) is 31.9 Å². The zero-order chi connectivity index (χ0) is 13.6. The summed E-state index contributed by atoms with van der Waals surface area (Å²) < 4.78 is 1.01. The van der Waals surface area contributed by atoms with Crippen LogP contribution in [0.2, 0.25) is 0 Å². The second kappa shape index (κ2) is 7.68. The molecule has 0 fully saturated rings. The van der Waals surface area contributed by atoms with Gasteiger partial charge >= 0.3 is 5.97 Å². The summed E-state index contributed by atoms with van der Waals surface area (Å²) in [5, 5.41) is 18.1. The lowest BCUT2D eigenvalue weighted by molar-refractivity contribution is -0.138.